The smallest absolute Gasteiger partial charge is 0.324 e. The Kier molecular flexibility index (Phi) is 3.48. The Labute approximate surface area is 97.5 Å². The van der Waals surface area contributed by atoms with Crippen LogP contribution in [0.3, 0.4) is 0 Å². The number of nitrogens with zero attached hydrogens (tertiary/aromatic N) is 1. The van der Waals surface area contributed by atoms with Crippen molar-refractivity contribution in [3.63, 3.8) is 0 Å². The Hall–Kier alpha value is -1.54. The van der Waals surface area contributed by atoms with Gasteiger partial charge in [0.15, 0.2) is 0 Å². The van der Waals surface area contributed by atoms with E-state index in [4.69, 9.17) is 5.11 Å². The van der Waals surface area contributed by atoms with Gasteiger partial charge in [-0.15, -0.1) is 0 Å². The largest absolute Gasteiger partial charge is 0.480 e. The second kappa shape index (κ2) is 4.38. The summed E-state index contributed by atoms with van der Waals surface area (Å²) in [6, 6.07) is 0.757. The van der Waals surface area contributed by atoms with E-state index in [1.165, 1.54) is 13.8 Å². The maximum absolute atomic E-state index is 12.8. The Bertz CT molecular complexity index is 542. The van der Waals surface area contributed by atoms with Crippen molar-refractivity contribution in [3.8, 4) is 0 Å². The molecule has 1 aromatic heterocycles. The molecule has 0 radical (unpaired) electrons. The highest BCUT2D eigenvalue weighted by Gasteiger charge is 2.33. The lowest BCUT2D eigenvalue weighted by Gasteiger charge is -2.20. The molecule has 1 heterocycles. The number of carbonyl (C=O) groups is 1. The van der Waals surface area contributed by atoms with E-state index >= 15 is 0 Å². The summed E-state index contributed by atoms with van der Waals surface area (Å²) in [6.45, 7) is 2.36. The lowest BCUT2D eigenvalue weighted by Crippen LogP contribution is -2.49. The third kappa shape index (κ3) is 3.21. The average molecular weight is 262 g/mol. The van der Waals surface area contributed by atoms with Gasteiger partial charge in [0.05, 0.1) is 6.20 Å². The monoisotopic (exact) mass is 262 g/mol. The molecule has 0 amide bonds. The van der Waals surface area contributed by atoms with Crippen molar-refractivity contribution in [3.05, 3.63) is 24.3 Å². The van der Waals surface area contributed by atoms with Crippen LogP contribution in [-0.2, 0) is 14.8 Å². The second-order valence-corrected chi connectivity index (χ2v) is 5.56. The molecule has 1 rings (SSSR count). The minimum absolute atomic E-state index is 0.424. The van der Waals surface area contributed by atoms with Gasteiger partial charge in [0, 0.05) is 6.20 Å². The van der Waals surface area contributed by atoms with E-state index in [2.05, 4.69) is 4.98 Å². The van der Waals surface area contributed by atoms with E-state index in [1.54, 1.807) is 0 Å². The molecule has 0 aliphatic carbocycles. The first-order valence-corrected chi connectivity index (χ1v) is 6.01. The van der Waals surface area contributed by atoms with Crippen LogP contribution in [0.5, 0.6) is 0 Å². The summed E-state index contributed by atoms with van der Waals surface area (Å²) in [4.78, 5) is 13.7. The first-order valence-electron chi connectivity index (χ1n) is 4.53. The molecule has 94 valence electrons. The molecule has 0 atom stereocenters. The Balaban J connectivity index is 3.10. The van der Waals surface area contributed by atoms with Gasteiger partial charge >= 0.3 is 5.97 Å². The van der Waals surface area contributed by atoms with Crippen LogP contribution in [0.4, 0.5) is 4.39 Å². The Morgan fingerprint density at radius 1 is 1.47 bits per heavy atom. The van der Waals surface area contributed by atoms with Gasteiger partial charge in [0.2, 0.25) is 10.0 Å². The summed E-state index contributed by atoms with van der Waals surface area (Å²) in [6.07, 6.45) is 1.78. The Morgan fingerprint density at radius 3 is 2.53 bits per heavy atom. The number of hydrogen-bond acceptors (Lipinski definition) is 4. The summed E-state index contributed by atoms with van der Waals surface area (Å²) in [5.74, 6) is -2.16. The standard InChI is InChI=1S/C9H11FN2O4S/c1-9(2,8(13)14)12-17(15,16)7-3-6(10)4-11-5-7/h3-5,12H,1-2H3,(H,13,14). The predicted octanol–water partition coefficient (Wildman–Crippen LogP) is 0.362. The number of nitrogens with one attached hydrogen (secondary N) is 1. The number of pyridine rings is 1. The molecule has 8 heteroatoms. The molecule has 1 aromatic rings. The fraction of sp³-hybridized carbons (Fsp3) is 0.333. The van der Waals surface area contributed by atoms with Crippen molar-refractivity contribution in [2.75, 3.05) is 0 Å². The second-order valence-electron chi connectivity index (χ2n) is 3.87. The zero-order chi connectivity index (χ0) is 13.3. The van der Waals surface area contributed by atoms with Crippen molar-refractivity contribution in [2.45, 2.75) is 24.3 Å². The van der Waals surface area contributed by atoms with Crippen molar-refractivity contribution in [1.29, 1.82) is 0 Å². The van der Waals surface area contributed by atoms with Crippen LogP contribution >= 0.6 is 0 Å². The maximum atomic E-state index is 12.8. The summed E-state index contributed by atoms with van der Waals surface area (Å²) in [5, 5.41) is 8.79. The average Bonchev–Trinajstić information content (AvgIpc) is 2.15. The molecule has 0 fully saturated rings. The van der Waals surface area contributed by atoms with Gasteiger partial charge < -0.3 is 5.11 Å². The lowest BCUT2D eigenvalue weighted by atomic mass is 10.1. The minimum atomic E-state index is -4.12. The van der Waals surface area contributed by atoms with Crippen molar-refractivity contribution < 1.29 is 22.7 Å². The highest BCUT2D eigenvalue weighted by molar-refractivity contribution is 7.89. The van der Waals surface area contributed by atoms with Gasteiger partial charge in [0.1, 0.15) is 16.3 Å². The number of carboxylic acid groups (broad SMARTS) is 1. The molecule has 6 nitrogen and oxygen atoms in total. The quantitative estimate of drug-likeness (QED) is 0.816. The molecule has 0 aliphatic rings. The fourth-order valence-corrected chi connectivity index (χ4v) is 2.32. The van der Waals surface area contributed by atoms with Crippen LogP contribution in [0.2, 0.25) is 0 Å². The van der Waals surface area contributed by atoms with Crippen LogP contribution in [0.15, 0.2) is 23.4 Å². The number of aliphatic carboxylic acids is 1. The molecule has 0 spiro atoms. The molecule has 0 saturated heterocycles. The van der Waals surface area contributed by atoms with Crippen LogP contribution in [0, 0.1) is 5.82 Å². The molecule has 0 bridgehead atoms. The van der Waals surface area contributed by atoms with Gasteiger partial charge in [-0.3, -0.25) is 9.78 Å². The first kappa shape index (κ1) is 13.5. The van der Waals surface area contributed by atoms with Crippen LogP contribution < -0.4 is 4.72 Å². The van der Waals surface area contributed by atoms with Crippen LogP contribution in [0.1, 0.15) is 13.8 Å². The molecule has 0 saturated carbocycles. The van der Waals surface area contributed by atoms with Crippen molar-refractivity contribution in [2.24, 2.45) is 0 Å². The zero-order valence-corrected chi connectivity index (χ0v) is 9.95. The van der Waals surface area contributed by atoms with Gasteiger partial charge in [-0.05, 0) is 19.9 Å². The van der Waals surface area contributed by atoms with Gasteiger partial charge in [-0.1, -0.05) is 0 Å². The summed E-state index contributed by atoms with van der Waals surface area (Å²) in [5.41, 5.74) is -1.69. The Morgan fingerprint density at radius 2 is 2.06 bits per heavy atom. The number of rotatable bonds is 4. The van der Waals surface area contributed by atoms with E-state index in [1.807, 2.05) is 4.72 Å². The molecule has 0 aliphatic heterocycles. The predicted molar refractivity (Wildman–Crippen MR) is 56.2 cm³/mol. The molecule has 0 unspecified atom stereocenters. The third-order valence-corrected chi connectivity index (χ3v) is 3.54. The van der Waals surface area contributed by atoms with Crippen molar-refractivity contribution >= 4 is 16.0 Å². The topological polar surface area (TPSA) is 96.4 Å². The number of halogens is 1. The van der Waals surface area contributed by atoms with E-state index in [-0.39, 0.29) is 0 Å². The lowest BCUT2D eigenvalue weighted by molar-refractivity contribution is -0.142. The number of sulfonamides is 1. The van der Waals surface area contributed by atoms with Crippen LogP contribution in [0.25, 0.3) is 0 Å². The molecule has 17 heavy (non-hydrogen) atoms. The molecular weight excluding hydrogens is 251 g/mol. The third-order valence-electron chi connectivity index (χ3n) is 1.91. The summed E-state index contributed by atoms with van der Waals surface area (Å²) in [7, 11) is -4.12. The maximum Gasteiger partial charge on any atom is 0.324 e. The summed E-state index contributed by atoms with van der Waals surface area (Å²) >= 11 is 0. The highest BCUT2D eigenvalue weighted by Crippen LogP contribution is 2.13. The zero-order valence-electron chi connectivity index (χ0n) is 9.14. The van der Waals surface area contributed by atoms with E-state index in [9.17, 15) is 17.6 Å². The van der Waals surface area contributed by atoms with Gasteiger partial charge in [-0.25, -0.2) is 12.8 Å². The van der Waals surface area contributed by atoms with Gasteiger partial charge in [0.25, 0.3) is 0 Å². The first-order chi connectivity index (χ1) is 7.65. The normalized spacial score (nSPS) is 12.4. The SMILES string of the molecule is CC(C)(NS(=O)(=O)c1cncc(F)c1)C(=O)O. The van der Waals surface area contributed by atoms with E-state index in [0.717, 1.165) is 18.5 Å². The minimum Gasteiger partial charge on any atom is -0.480 e. The number of aromatic nitrogens is 1. The van der Waals surface area contributed by atoms with Gasteiger partial charge in [-0.2, -0.15) is 4.72 Å². The molecular formula is C9H11FN2O4S. The van der Waals surface area contributed by atoms with Crippen molar-refractivity contribution in [1.82, 2.24) is 9.71 Å². The van der Waals surface area contributed by atoms with E-state index < -0.39 is 32.2 Å². The molecule has 2 N–H and O–H groups in total. The van der Waals surface area contributed by atoms with E-state index in [0.29, 0.717) is 0 Å². The highest BCUT2D eigenvalue weighted by atomic mass is 32.2. The fourth-order valence-electron chi connectivity index (χ4n) is 0.978. The summed E-state index contributed by atoms with van der Waals surface area (Å²) < 4.78 is 38.2. The number of hydrogen-bond donors (Lipinski definition) is 2. The molecule has 0 aromatic carbocycles. The van der Waals surface area contributed by atoms with Crippen LogP contribution in [-0.4, -0.2) is 30.0 Å². The number of carboxylic acids is 1.